The molecule has 16 heavy (non-hydrogen) atoms. The third-order valence-corrected chi connectivity index (χ3v) is 3.74. The van der Waals surface area contributed by atoms with Crippen molar-refractivity contribution in [2.75, 3.05) is 20.1 Å². The molecule has 1 fully saturated rings. The van der Waals surface area contributed by atoms with Gasteiger partial charge in [-0.15, -0.1) is 0 Å². The minimum absolute atomic E-state index is 0.755. The lowest BCUT2D eigenvalue weighted by Crippen LogP contribution is -2.32. The summed E-state index contributed by atoms with van der Waals surface area (Å²) >= 11 is 5.27. The topological polar surface area (TPSA) is 36.9 Å². The van der Waals surface area contributed by atoms with Crippen LogP contribution in [0.4, 0.5) is 0 Å². The van der Waals surface area contributed by atoms with Crippen LogP contribution >= 0.6 is 12.2 Å². The van der Waals surface area contributed by atoms with Crippen LogP contribution in [0.2, 0.25) is 0 Å². The highest BCUT2D eigenvalue weighted by atomic mass is 32.1. The van der Waals surface area contributed by atoms with Crippen molar-refractivity contribution >= 4 is 12.2 Å². The van der Waals surface area contributed by atoms with Crippen molar-refractivity contribution < 1.29 is 0 Å². The number of aromatic nitrogens is 3. The number of hydrogen-bond donors (Lipinski definition) is 1. The van der Waals surface area contributed by atoms with Crippen molar-refractivity contribution in [2.24, 2.45) is 5.92 Å². The van der Waals surface area contributed by atoms with E-state index < -0.39 is 0 Å². The zero-order chi connectivity index (χ0) is 11.5. The molecule has 1 aliphatic heterocycles. The van der Waals surface area contributed by atoms with Crippen LogP contribution in [0.1, 0.15) is 25.6 Å². The maximum absolute atomic E-state index is 5.27. The first-order chi connectivity index (χ1) is 7.70. The first-order valence-corrected chi connectivity index (χ1v) is 6.44. The molecule has 5 heteroatoms. The smallest absolute Gasteiger partial charge is 0.195 e. The van der Waals surface area contributed by atoms with Gasteiger partial charge in [0.2, 0.25) is 0 Å². The number of H-pyrrole nitrogens is 1. The second kappa shape index (κ2) is 5.10. The number of likely N-dealkylation sites (tertiary alicyclic amines) is 1. The molecule has 1 N–H and O–H groups in total. The molecule has 0 atom stereocenters. The van der Waals surface area contributed by atoms with Gasteiger partial charge in [0.1, 0.15) is 5.82 Å². The van der Waals surface area contributed by atoms with Crippen LogP contribution in [-0.2, 0) is 13.0 Å². The Morgan fingerprint density at radius 3 is 2.75 bits per heavy atom. The number of nitrogens with one attached hydrogen (secondary N) is 1. The molecule has 0 radical (unpaired) electrons. The van der Waals surface area contributed by atoms with Gasteiger partial charge in [-0.2, -0.15) is 5.10 Å². The number of piperidine rings is 1. The lowest BCUT2D eigenvalue weighted by molar-refractivity contribution is 0.204. The van der Waals surface area contributed by atoms with Gasteiger partial charge in [-0.3, -0.25) is 5.10 Å². The number of aryl methyl sites for hydroxylation is 1. The van der Waals surface area contributed by atoms with Gasteiger partial charge >= 0.3 is 0 Å². The summed E-state index contributed by atoms with van der Waals surface area (Å²) in [5.74, 6) is 1.84. The monoisotopic (exact) mass is 240 g/mol. The van der Waals surface area contributed by atoms with E-state index in [9.17, 15) is 0 Å². The Labute approximate surface area is 102 Å². The maximum Gasteiger partial charge on any atom is 0.195 e. The quantitative estimate of drug-likeness (QED) is 0.819. The molecule has 0 amide bonds. The largest absolute Gasteiger partial charge is 0.306 e. The van der Waals surface area contributed by atoms with Crippen LogP contribution in [0, 0.1) is 10.7 Å². The molecule has 0 bridgehead atoms. The molecule has 4 nitrogen and oxygen atoms in total. The van der Waals surface area contributed by atoms with E-state index in [-0.39, 0.29) is 0 Å². The Bertz CT molecular complexity index is 387. The highest BCUT2D eigenvalue weighted by Crippen LogP contribution is 2.18. The maximum atomic E-state index is 5.27. The van der Waals surface area contributed by atoms with Crippen LogP contribution in [0.5, 0.6) is 0 Å². The average molecular weight is 240 g/mol. The van der Waals surface area contributed by atoms with Crippen LogP contribution in [-0.4, -0.2) is 39.8 Å². The third kappa shape index (κ3) is 2.52. The molecule has 1 aromatic rings. The molecular formula is C11H20N4S. The molecule has 1 aliphatic rings. The molecule has 1 saturated heterocycles. The number of aromatic amines is 1. The number of rotatable bonds is 3. The van der Waals surface area contributed by atoms with Gasteiger partial charge in [-0.05, 0) is 51.1 Å². The summed E-state index contributed by atoms with van der Waals surface area (Å²) < 4.78 is 2.95. The molecule has 90 valence electrons. The van der Waals surface area contributed by atoms with Crippen molar-refractivity contribution in [1.82, 2.24) is 19.7 Å². The standard InChI is InChI=1S/C11H20N4S/c1-3-10-12-13-11(16)15(10)8-9-4-6-14(2)7-5-9/h9H,3-8H2,1-2H3,(H,13,16). The molecule has 0 spiro atoms. The van der Waals surface area contributed by atoms with E-state index in [1.54, 1.807) is 0 Å². The van der Waals surface area contributed by atoms with E-state index in [0.29, 0.717) is 0 Å². The fourth-order valence-electron chi connectivity index (χ4n) is 2.31. The zero-order valence-corrected chi connectivity index (χ0v) is 10.9. The Morgan fingerprint density at radius 2 is 2.12 bits per heavy atom. The zero-order valence-electron chi connectivity index (χ0n) is 10.1. The lowest BCUT2D eigenvalue weighted by Gasteiger charge is -2.29. The van der Waals surface area contributed by atoms with E-state index >= 15 is 0 Å². The Morgan fingerprint density at radius 1 is 1.44 bits per heavy atom. The van der Waals surface area contributed by atoms with E-state index in [1.165, 1.54) is 25.9 Å². The summed E-state index contributed by atoms with van der Waals surface area (Å²) in [5.41, 5.74) is 0. The van der Waals surface area contributed by atoms with Gasteiger partial charge in [0.15, 0.2) is 4.77 Å². The second-order valence-electron chi connectivity index (χ2n) is 4.66. The minimum Gasteiger partial charge on any atom is -0.306 e. The van der Waals surface area contributed by atoms with Gasteiger partial charge in [0.25, 0.3) is 0 Å². The molecule has 0 saturated carbocycles. The fraction of sp³-hybridized carbons (Fsp3) is 0.818. The van der Waals surface area contributed by atoms with Crippen molar-refractivity contribution in [3.8, 4) is 0 Å². The van der Waals surface area contributed by atoms with E-state index in [0.717, 1.165) is 29.5 Å². The molecule has 0 unspecified atom stereocenters. The molecule has 2 rings (SSSR count). The van der Waals surface area contributed by atoms with Crippen LogP contribution in [0.15, 0.2) is 0 Å². The molecular weight excluding hydrogens is 220 g/mol. The number of nitrogens with zero attached hydrogens (tertiary/aromatic N) is 3. The Kier molecular flexibility index (Phi) is 3.76. The van der Waals surface area contributed by atoms with Gasteiger partial charge in [0, 0.05) is 13.0 Å². The van der Waals surface area contributed by atoms with E-state index in [1.807, 2.05) is 0 Å². The Hall–Kier alpha value is -0.680. The minimum atomic E-state index is 0.755. The summed E-state index contributed by atoms with van der Waals surface area (Å²) in [4.78, 5) is 2.39. The Balaban J connectivity index is 2.03. The fourth-order valence-corrected chi connectivity index (χ4v) is 2.54. The van der Waals surface area contributed by atoms with Crippen molar-refractivity contribution in [3.05, 3.63) is 10.6 Å². The van der Waals surface area contributed by atoms with Gasteiger partial charge in [0.05, 0.1) is 0 Å². The predicted octanol–water partition coefficient (Wildman–Crippen LogP) is 1.84. The summed E-state index contributed by atoms with van der Waals surface area (Å²) in [6.07, 6.45) is 3.49. The second-order valence-corrected chi connectivity index (χ2v) is 5.04. The average Bonchev–Trinajstić information content (AvgIpc) is 2.63. The molecule has 1 aromatic heterocycles. The predicted molar refractivity (Wildman–Crippen MR) is 67.0 cm³/mol. The van der Waals surface area contributed by atoms with Crippen LogP contribution < -0.4 is 0 Å². The summed E-state index contributed by atoms with van der Waals surface area (Å²) in [6, 6.07) is 0. The summed E-state index contributed by atoms with van der Waals surface area (Å²) in [5, 5.41) is 7.14. The van der Waals surface area contributed by atoms with Gasteiger partial charge in [-0.25, -0.2) is 0 Å². The highest BCUT2D eigenvalue weighted by molar-refractivity contribution is 7.71. The van der Waals surface area contributed by atoms with Gasteiger partial charge in [-0.1, -0.05) is 6.92 Å². The normalized spacial score (nSPS) is 19.1. The number of hydrogen-bond acceptors (Lipinski definition) is 3. The summed E-state index contributed by atoms with van der Waals surface area (Å²) in [6.45, 7) is 5.57. The van der Waals surface area contributed by atoms with Gasteiger partial charge < -0.3 is 9.47 Å². The van der Waals surface area contributed by atoms with E-state index in [2.05, 4.69) is 33.6 Å². The third-order valence-electron chi connectivity index (χ3n) is 3.43. The van der Waals surface area contributed by atoms with E-state index in [4.69, 9.17) is 12.2 Å². The molecule has 0 aliphatic carbocycles. The SMILES string of the molecule is CCc1n[nH]c(=S)n1CC1CCN(C)CC1. The first-order valence-electron chi connectivity index (χ1n) is 6.03. The van der Waals surface area contributed by atoms with Crippen LogP contribution in [0.25, 0.3) is 0 Å². The van der Waals surface area contributed by atoms with Crippen molar-refractivity contribution in [3.63, 3.8) is 0 Å². The highest BCUT2D eigenvalue weighted by Gasteiger charge is 2.18. The molecule has 0 aromatic carbocycles. The lowest BCUT2D eigenvalue weighted by atomic mass is 9.97. The van der Waals surface area contributed by atoms with Crippen molar-refractivity contribution in [2.45, 2.75) is 32.7 Å². The van der Waals surface area contributed by atoms with Crippen LogP contribution in [0.3, 0.4) is 0 Å². The first kappa shape index (κ1) is 11.8. The molecule has 2 heterocycles. The van der Waals surface area contributed by atoms with Crippen molar-refractivity contribution in [1.29, 1.82) is 0 Å². The summed E-state index contributed by atoms with van der Waals surface area (Å²) in [7, 11) is 2.19.